The van der Waals surface area contributed by atoms with Crippen molar-refractivity contribution in [1.82, 2.24) is 10.2 Å². The Morgan fingerprint density at radius 3 is 2.67 bits per heavy atom. The molecular weight excluding hydrogens is 275 g/mol. The van der Waals surface area contributed by atoms with E-state index in [-0.39, 0.29) is 17.5 Å². The Hall–Kier alpha value is -1.65. The molecular formula is C12H8Cl2N2O2. The molecule has 0 aliphatic carbocycles. The Morgan fingerprint density at radius 1 is 1.17 bits per heavy atom. The van der Waals surface area contributed by atoms with Crippen molar-refractivity contribution in [3.63, 3.8) is 0 Å². The quantitative estimate of drug-likeness (QED) is 0.812. The molecule has 0 radical (unpaired) electrons. The third-order valence-corrected chi connectivity index (χ3v) is 2.54. The van der Waals surface area contributed by atoms with E-state index in [2.05, 4.69) is 10.2 Å². The lowest BCUT2D eigenvalue weighted by molar-refractivity contribution is 0.0464. The van der Waals surface area contributed by atoms with Gasteiger partial charge in [-0.1, -0.05) is 35.3 Å². The van der Waals surface area contributed by atoms with Crippen LogP contribution in [0.1, 0.15) is 16.1 Å². The number of hydrogen-bond acceptors (Lipinski definition) is 4. The van der Waals surface area contributed by atoms with Gasteiger partial charge in [-0.2, -0.15) is 0 Å². The molecule has 0 saturated carbocycles. The third-order valence-electron chi connectivity index (χ3n) is 2.10. The van der Waals surface area contributed by atoms with Gasteiger partial charge in [0.25, 0.3) is 0 Å². The van der Waals surface area contributed by atoms with E-state index in [1.807, 2.05) is 6.07 Å². The van der Waals surface area contributed by atoms with Gasteiger partial charge in [0.1, 0.15) is 6.61 Å². The van der Waals surface area contributed by atoms with Crippen molar-refractivity contribution in [3.05, 3.63) is 57.8 Å². The molecule has 1 heterocycles. The highest BCUT2D eigenvalue weighted by Crippen LogP contribution is 2.12. The van der Waals surface area contributed by atoms with Crippen LogP contribution >= 0.6 is 23.2 Å². The Balaban J connectivity index is 1.98. The Bertz CT molecular complexity index is 558. The van der Waals surface area contributed by atoms with Crippen molar-refractivity contribution in [3.8, 4) is 0 Å². The van der Waals surface area contributed by atoms with E-state index in [4.69, 9.17) is 27.9 Å². The van der Waals surface area contributed by atoms with Crippen molar-refractivity contribution in [2.24, 2.45) is 0 Å². The summed E-state index contributed by atoms with van der Waals surface area (Å²) >= 11 is 11.4. The van der Waals surface area contributed by atoms with E-state index in [1.54, 1.807) is 18.2 Å². The van der Waals surface area contributed by atoms with Crippen LogP contribution in [-0.2, 0) is 11.3 Å². The second-order valence-electron chi connectivity index (χ2n) is 3.45. The summed E-state index contributed by atoms with van der Waals surface area (Å²) < 4.78 is 5.07. The van der Waals surface area contributed by atoms with Gasteiger partial charge in [0.15, 0.2) is 10.8 Å². The molecule has 18 heavy (non-hydrogen) atoms. The van der Waals surface area contributed by atoms with E-state index in [9.17, 15) is 4.79 Å². The highest BCUT2D eigenvalue weighted by molar-refractivity contribution is 6.30. The molecule has 0 unspecified atom stereocenters. The SMILES string of the molecule is O=C(OCc1cccc(Cl)c1)c1ccc(Cl)nn1. The topological polar surface area (TPSA) is 52.1 Å². The van der Waals surface area contributed by atoms with Crippen LogP contribution in [0.25, 0.3) is 0 Å². The van der Waals surface area contributed by atoms with Gasteiger partial charge >= 0.3 is 5.97 Å². The van der Waals surface area contributed by atoms with Crippen molar-refractivity contribution < 1.29 is 9.53 Å². The zero-order valence-corrected chi connectivity index (χ0v) is 10.6. The van der Waals surface area contributed by atoms with Gasteiger partial charge in [-0.3, -0.25) is 0 Å². The summed E-state index contributed by atoms with van der Waals surface area (Å²) in [5.74, 6) is -0.556. The first kappa shape index (κ1) is 12.8. The maximum absolute atomic E-state index is 11.6. The first-order chi connectivity index (χ1) is 8.65. The van der Waals surface area contributed by atoms with E-state index in [0.29, 0.717) is 5.02 Å². The normalized spacial score (nSPS) is 10.1. The Kier molecular flexibility index (Phi) is 4.12. The number of nitrogens with zero attached hydrogens (tertiary/aromatic N) is 2. The van der Waals surface area contributed by atoms with E-state index >= 15 is 0 Å². The lowest BCUT2D eigenvalue weighted by Gasteiger charge is -2.04. The van der Waals surface area contributed by atoms with E-state index in [1.165, 1.54) is 12.1 Å². The number of rotatable bonds is 3. The fraction of sp³-hybridized carbons (Fsp3) is 0.0833. The molecule has 0 saturated heterocycles. The highest BCUT2D eigenvalue weighted by Gasteiger charge is 2.09. The van der Waals surface area contributed by atoms with E-state index < -0.39 is 5.97 Å². The van der Waals surface area contributed by atoms with Crippen LogP contribution in [0.5, 0.6) is 0 Å². The molecule has 0 aliphatic heterocycles. The van der Waals surface area contributed by atoms with Gasteiger partial charge in [-0.05, 0) is 29.8 Å². The number of halogens is 2. The van der Waals surface area contributed by atoms with Crippen LogP contribution in [0.2, 0.25) is 10.2 Å². The number of carbonyl (C=O) groups excluding carboxylic acids is 1. The highest BCUT2D eigenvalue weighted by atomic mass is 35.5. The predicted octanol–water partition coefficient (Wildman–Crippen LogP) is 3.14. The average Bonchev–Trinajstić information content (AvgIpc) is 2.37. The van der Waals surface area contributed by atoms with Crippen molar-refractivity contribution >= 4 is 29.2 Å². The van der Waals surface area contributed by atoms with Crippen LogP contribution in [-0.4, -0.2) is 16.2 Å². The summed E-state index contributed by atoms with van der Waals surface area (Å²) in [4.78, 5) is 11.6. The molecule has 0 amide bonds. The van der Waals surface area contributed by atoms with Crippen molar-refractivity contribution in [1.29, 1.82) is 0 Å². The molecule has 4 nitrogen and oxygen atoms in total. The smallest absolute Gasteiger partial charge is 0.359 e. The summed E-state index contributed by atoms with van der Waals surface area (Å²) in [6.07, 6.45) is 0. The maximum atomic E-state index is 11.6. The van der Waals surface area contributed by atoms with Crippen molar-refractivity contribution in [2.45, 2.75) is 6.61 Å². The number of hydrogen-bond donors (Lipinski definition) is 0. The minimum absolute atomic E-state index is 0.112. The average molecular weight is 283 g/mol. The molecule has 92 valence electrons. The van der Waals surface area contributed by atoms with Gasteiger partial charge in [0.05, 0.1) is 0 Å². The second kappa shape index (κ2) is 5.80. The summed E-state index contributed by atoms with van der Waals surface area (Å²) in [6, 6.07) is 10.0. The van der Waals surface area contributed by atoms with Crippen molar-refractivity contribution in [2.75, 3.05) is 0 Å². The zero-order valence-electron chi connectivity index (χ0n) is 9.14. The monoisotopic (exact) mass is 282 g/mol. The molecule has 2 rings (SSSR count). The molecule has 0 N–H and O–H groups in total. The summed E-state index contributed by atoms with van der Waals surface area (Å²) in [5, 5.41) is 8.00. The van der Waals surface area contributed by atoms with Crippen LogP contribution in [0, 0.1) is 0 Å². The Labute approximate surface area is 114 Å². The largest absolute Gasteiger partial charge is 0.456 e. The zero-order chi connectivity index (χ0) is 13.0. The van der Waals surface area contributed by atoms with Gasteiger partial charge in [-0.15, -0.1) is 10.2 Å². The van der Waals surface area contributed by atoms with E-state index in [0.717, 1.165) is 5.56 Å². The van der Waals surface area contributed by atoms with Gasteiger partial charge in [0, 0.05) is 5.02 Å². The van der Waals surface area contributed by atoms with Crippen LogP contribution < -0.4 is 0 Å². The lowest BCUT2D eigenvalue weighted by Crippen LogP contribution is -2.08. The van der Waals surface area contributed by atoms with Crippen LogP contribution in [0.15, 0.2) is 36.4 Å². The second-order valence-corrected chi connectivity index (χ2v) is 4.27. The molecule has 0 spiro atoms. The number of ether oxygens (including phenoxy) is 1. The Morgan fingerprint density at radius 2 is 2.00 bits per heavy atom. The molecule has 1 aromatic carbocycles. The molecule has 0 fully saturated rings. The minimum atomic E-state index is -0.556. The van der Waals surface area contributed by atoms with Crippen LogP contribution in [0.4, 0.5) is 0 Å². The number of benzene rings is 1. The van der Waals surface area contributed by atoms with Crippen LogP contribution in [0.3, 0.4) is 0 Å². The summed E-state index contributed by atoms with van der Waals surface area (Å²) in [7, 11) is 0. The molecule has 0 atom stereocenters. The number of aromatic nitrogens is 2. The molecule has 0 aliphatic rings. The standard InChI is InChI=1S/C12H8Cl2N2O2/c13-9-3-1-2-8(6-9)7-18-12(17)10-4-5-11(14)16-15-10/h1-6H,7H2. The fourth-order valence-corrected chi connectivity index (χ4v) is 1.59. The van der Waals surface area contributed by atoms with Gasteiger partial charge < -0.3 is 4.74 Å². The maximum Gasteiger partial charge on any atom is 0.359 e. The molecule has 2 aromatic rings. The number of esters is 1. The van der Waals surface area contributed by atoms with Gasteiger partial charge in [-0.25, -0.2) is 4.79 Å². The summed E-state index contributed by atoms with van der Waals surface area (Å²) in [5.41, 5.74) is 0.916. The first-order valence-corrected chi connectivity index (χ1v) is 5.81. The summed E-state index contributed by atoms with van der Waals surface area (Å²) in [6.45, 7) is 0.129. The fourth-order valence-electron chi connectivity index (χ4n) is 1.27. The lowest BCUT2D eigenvalue weighted by atomic mass is 10.2. The molecule has 6 heteroatoms. The first-order valence-electron chi connectivity index (χ1n) is 5.06. The van der Waals surface area contributed by atoms with Gasteiger partial charge in [0.2, 0.25) is 0 Å². The minimum Gasteiger partial charge on any atom is -0.456 e. The predicted molar refractivity (Wildman–Crippen MR) is 67.6 cm³/mol. The number of carbonyl (C=O) groups is 1. The third kappa shape index (κ3) is 3.42. The molecule has 1 aromatic heterocycles. The molecule has 0 bridgehead atoms.